The van der Waals surface area contributed by atoms with Crippen LogP contribution < -0.4 is 17.0 Å². The molecule has 0 bridgehead atoms. The van der Waals surface area contributed by atoms with E-state index < -0.39 is 11.2 Å². The average Bonchev–Trinajstić information content (AvgIpc) is 3.36. The Hall–Kier alpha value is -4.08. The molecular formula is C23H16ClN5O3S. The van der Waals surface area contributed by atoms with Crippen molar-refractivity contribution in [2.75, 3.05) is 5.73 Å². The van der Waals surface area contributed by atoms with E-state index in [-0.39, 0.29) is 22.1 Å². The third-order valence-electron chi connectivity index (χ3n) is 5.19. The van der Waals surface area contributed by atoms with Crippen LogP contribution in [0.4, 0.5) is 5.13 Å². The maximum atomic E-state index is 13.5. The number of H-pyrrole nitrogens is 1. The van der Waals surface area contributed by atoms with E-state index in [1.54, 1.807) is 34.9 Å². The van der Waals surface area contributed by atoms with E-state index in [1.165, 1.54) is 23.5 Å². The molecule has 33 heavy (non-hydrogen) atoms. The van der Waals surface area contributed by atoms with Gasteiger partial charge in [-0.2, -0.15) is 0 Å². The first-order chi connectivity index (χ1) is 15.8. The van der Waals surface area contributed by atoms with Gasteiger partial charge in [-0.1, -0.05) is 42.4 Å². The third-order valence-corrected chi connectivity index (χ3v) is 6.14. The first-order valence-electron chi connectivity index (χ1n) is 9.70. The molecule has 0 saturated heterocycles. The van der Waals surface area contributed by atoms with Gasteiger partial charge in [-0.15, -0.1) is 11.3 Å². The third kappa shape index (κ3) is 3.53. The molecule has 0 saturated carbocycles. The molecule has 0 aliphatic heterocycles. The standard InChI is InChI=1S/C23H16ClN5O3S/c1-12(30)14-3-2-4-16(9-14)29-21(31)20-17(27-23(29)32)10-19(24)28(20)15-7-5-13(6-8-15)18-11-33-22(25)26-18/h2-11,30H,1H2,(H2,25,26)(H,27,32). The van der Waals surface area contributed by atoms with Crippen LogP contribution in [0.15, 0.2) is 76.1 Å². The quantitative estimate of drug-likeness (QED) is 0.332. The summed E-state index contributed by atoms with van der Waals surface area (Å²) in [6.45, 7) is 3.49. The second-order valence-corrected chi connectivity index (χ2v) is 8.53. The zero-order valence-electron chi connectivity index (χ0n) is 16.9. The Kier molecular flexibility index (Phi) is 4.92. The zero-order chi connectivity index (χ0) is 23.3. The molecule has 10 heteroatoms. The normalized spacial score (nSPS) is 11.2. The summed E-state index contributed by atoms with van der Waals surface area (Å²) in [6.07, 6.45) is 0. The summed E-state index contributed by atoms with van der Waals surface area (Å²) in [5.74, 6) is -0.171. The Morgan fingerprint density at radius 1 is 1.09 bits per heavy atom. The predicted octanol–water partition coefficient (Wildman–Crippen LogP) is 4.36. The Labute approximate surface area is 195 Å². The second kappa shape index (κ2) is 7.80. The molecule has 5 rings (SSSR count). The summed E-state index contributed by atoms with van der Waals surface area (Å²) in [5.41, 5.74) is 7.99. The van der Waals surface area contributed by atoms with E-state index in [0.29, 0.717) is 21.9 Å². The van der Waals surface area contributed by atoms with E-state index in [4.69, 9.17) is 17.3 Å². The average molecular weight is 478 g/mol. The number of aromatic nitrogens is 4. The summed E-state index contributed by atoms with van der Waals surface area (Å²) >= 11 is 7.83. The van der Waals surface area contributed by atoms with Crippen molar-refractivity contribution in [1.82, 2.24) is 19.1 Å². The van der Waals surface area contributed by atoms with Crippen LogP contribution in [0.2, 0.25) is 5.15 Å². The van der Waals surface area contributed by atoms with Crippen molar-refractivity contribution in [3.8, 4) is 22.6 Å². The highest BCUT2D eigenvalue weighted by atomic mass is 35.5. The van der Waals surface area contributed by atoms with Crippen LogP contribution >= 0.6 is 22.9 Å². The van der Waals surface area contributed by atoms with E-state index in [1.807, 2.05) is 17.5 Å². The monoisotopic (exact) mass is 477 g/mol. The number of nitrogen functional groups attached to an aromatic ring is 1. The van der Waals surface area contributed by atoms with Crippen LogP contribution in [-0.4, -0.2) is 24.2 Å². The highest BCUT2D eigenvalue weighted by Gasteiger charge is 2.18. The van der Waals surface area contributed by atoms with Gasteiger partial charge in [0.1, 0.15) is 16.4 Å². The van der Waals surface area contributed by atoms with Crippen LogP contribution in [0.1, 0.15) is 5.56 Å². The Morgan fingerprint density at radius 3 is 2.52 bits per heavy atom. The van der Waals surface area contributed by atoms with Gasteiger partial charge >= 0.3 is 5.69 Å². The van der Waals surface area contributed by atoms with Crippen molar-refractivity contribution in [3.05, 3.63) is 98.1 Å². The van der Waals surface area contributed by atoms with Crippen molar-refractivity contribution < 1.29 is 5.11 Å². The first kappa shape index (κ1) is 20.8. The maximum absolute atomic E-state index is 13.5. The molecule has 0 amide bonds. The maximum Gasteiger partial charge on any atom is 0.333 e. The number of thiazole rings is 1. The largest absolute Gasteiger partial charge is 0.508 e. The molecule has 0 aliphatic carbocycles. The number of anilines is 1. The lowest BCUT2D eigenvalue weighted by molar-refractivity contribution is 0.514. The van der Waals surface area contributed by atoms with Crippen molar-refractivity contribution in [3.63, 3.8) is 0 Å². The fourth-order valence-electron chi connectivity index (χ4n) is 3.67. The van der Waals surface area contributed by atoms with Crippen molar-refractivity contribution >= 4 is 44.9 Å². The van der Waals surface area contributed by atoms with Gasteiger partial charge in [-0.3, -0.25) is 9.36 Å². The van der Waals surface area contributed by atoms with Gasteiger partial charge in [0.05, 0.1) is 16.9 Å². The second-order valence-electron chi connectivity index (χ2n) is 7.25. The van der Waals surface area contributed by atoms with E-state index in [9.17, 15) is 14.7 Å². The van der Waals surface area contributed by atoms with E-state index >= 15 is 0 Å². The van der Waals surface area contributed by atoms with Crippen LogP contribution in [-0.2, 0) is 0 Å². The van der Waals surface area contributed by atoms with Gasteiger partial charge in [-0.05, 0) is 30.3 Å². The first-order valence-corrected chi connectivity index (χ1v) is 11.0. The number of nitrogens with two attached hydrogens (primary N) is 1. The molecular weight excluding hydrogens is 462 g/mol. The summed E-state index contributed by atoms with van der Waals surface area (Å²) in [5, 5.41) is 12.3. The summed E-state index contributed by atoms with van der Waals surface area (Å²) in [6, 6.07) is 15.2. The summed E-state index contributed by atoms with van der Waals surface area (Å²) < 4.78 is 2.56. The number of aliphatic hydroxyl groups excluding tert-OH is 1. The van der Waals surface area contributed by atoms with Crippen molar-refractivity contribution in [2.45, 2.75) is 0 Å². The number of aliphatic hydroxyl groups is 1. The molecule has 0 atom stereocenters. The minimum absolute atomic E-state index is 0.171. The van der Waals surface area contributed by atoms with Crippen LogP contribution in [0.5, 0.6) is 0 Å². The molecule has 4 N–H and O–H groups in total. The van der Waals surface area contributed by atoms with Crippen molar-refractivity contribution in [1.29, 1.82) is 0 Å². The topological polar surface area (TPSA) is 119 Å². The number of hydrogen-bond acceptors (Lipinski definition) is 6. The highest BCUT2D eigenvalue weighted by molar-refractivity contribution is 7.13. The number of aromatic amines is 1. The number of nitrogens with one attached hydrogen (secondary N) is 1. The molecule has 3 heterocycles. The molecule has 164 valence electrons. The van der Waals surface area contributed by atoms with Crippen LogP contribution in [0.3, 0.4) is 0 Å². The zero-order valence-corrected chi connectivity index (χ0v) is 18.5. The molecule has 2 aromatic carbocycles. The molecule has 5 aromatic rings. The molecule has 8 nitrogen and oxygen atoms in total. The minimum Gasteiger partial charge on any atom is -0.508 e. The Morgan fingerprint density at radius 2 is 1.85 bits per heavy atom. The lowest BCUT2D eigenvalue weighted by atomic mass is 10.1. The van der Waals surface area contributed by atoms with E-state index in [2.05, 4.69) is 16.5 Å². The van der Waals surface area contributed by atoms with Gasteiger partial charge in [0.2, 0.25) is 0 Å². The minimum atomic E-state index is -0.626. The van der Waals surface area contributed by atoms with Crippen LogP contribution in [0.25, 0.3) is 39.4 Å². The molecule has 0 spiro atoms. The molecule has 0 aliphatic rings. The molecule has 0 radical (unpaired) electrons. The highest BCUT2D eigenvalue weighted by Crippen LogP contribution is 2.28. The number of halogens is 1. The number of benzene rings is 2. The molecule has 0 unspecified atom stereocenters. The summed E-state index contributed by atoms with van der Waals surface area (Å²) in [4.78, 5) is 33.2. The Balaban J connectivity index is 1.70. The number of nitrogens with zero attached hydrogens (tertiary/aromatic N) is 3. The number of hydrogen-bond donors (Lipinski definition) is 3. The van der Waals surface area contributed by atoms with Gasteiger partial charge in [-0.25, -0.2) is 14.3 Å². The Bertz CT molecular complexity index is 1660. The lowest BCUT2D eigenvalue weighted by Crippen LogP contribution is -2.34. The fourth-order valence-corrected chi connectivity index (χ4v) is 4.53. The SMILES string of the molecule is C=C(O)c1cccc(-n2c(=O)[nH]c3cc(Cl)n(-c4ccc(-c5csc(N)n5)cc4)c3c2=O)c1. The molecule has 3 aromatic heterocycles. The fraction of sp³-hybridized carbons (Fsp3) is 0. The van der Waals surface area contributed by atoms with Gasteiger partial charge in [0.25, 0.3) is 5.56 Å². The van der Waals surface area contributed by atoms with Crippen molar-refractivity contribution in [2.24, 2.45) is 0 Å². The van der Waals surface area contributed by atoms with Gasteiger partial charge in [0.15, 0.2) is 5.13 Å². The predicted molar refractivity (Wildman–Crippen MR) is 132 cm³/mol. The van der Waals surface area contributed by atoms with E-state index in [0.717, 1.165) is 15.8 Å². The lowest BCUT2D eigenvalue weighted by Gasteiger charge is -2.10. The number of fused-ring (bicyclic) bond motifs is 1. The summed E-state index contributed by atoms with van der Waals surface area (Å²) in [7, 11) is 0. The van der Waals surface area contributed by atoms with Crippen LogP contribution in [0, 0.1) is 0 Å². The number of rotatable bonds is 4. The smallest absolute Gasteiger partial charge is 0.333 e. The van der Waals surface area contributed by atoms with Gasteiger partial charge in [0, 0.05) is 22.2 Å². The molecule has 0 fully saturated rings. The van der Waals surface area contributed by atoms with Gasteiger partial charge < -0.3 is 15.8 Å².